The van der Waals surface area contributed by atoms with Crippen molar-refractivity contribution < 1.29 is 17.6 Å². The Balaban J connectivity index is 2.20. The molecule has 1 nitrogen and oxygen atoms in total. The van der Waals surface area contributed by atoms with Gasteiger partial charge in [-0.25, -0.2) is 4.39 Å². The molecule has 0 amide bonds. The summed E-state index contributed by atoms with van der Waals surface area (Å²) >= 11 is 5.98. The SMILES string of the molecule is Cc1ccc(Cl)c(NCc2cc(F)cc(C(F)(F)F)c2)c1. The highest BCUT2D eigenvalue weighted by Gasteiger charge is 2.31. The molecule has 0 unspecified atom stereocenters. The minimum atomic E-state index is -4.57. The van der Waals surface area contributed by atoms with E-state index in [0.717, 1.165) is 17.7 Å². The fraction of sp³-hybridized carbons (Fsp3) is 0.200. The van der Waals surface area contributed by atoms with Crippen LogP contribution in [0.25, 0.3) is 0 Å². The van der Waals surface area contributed by atoms with Crippen LogP contribution in [0, 0.1) is 12.7 Å². The Morgan fingerprint density at radius 1 is 1.10 bits per heavy atom. The molecule has 0 fully saturated rings. The van der Waals surface area contributed by atoms with E-state index >= 15 is 0 Å². The first-order chi connectivity index (χ1) is 9.75. The van der Waals surface area contributed by atoms with E-state index in [1.807, 2.05) is 13.0 Å². The van der Waals surface area contributed by atoms with Crippen molar-refractivity contribution in [2.75, 3.05) is 5.32 Å². The summed E-state index contributed by atoms with van der Waals surface area (Å²) in [7, 11) is 0. The van der Waals surface area contributed by atoms with Gasteiger partial charge in [-0.15, -0.1) is 0 Å². The molecule has 112 valence electrons. The molecule has 2 aromatic rings. The van der Waals surface area contributed by atoms with Gasteiger partial charge < -0.3 is 5.32 Å². The third-order valence-electron chi connectivity index (χ3n) is 2.89. The largest absolute Gasteiger partial charge is 0.416 e. The van der Waals surface area contributed by atoms with E-state index in [1.165, 1.54) is 0 Å². The first kappa shape index (κ1) is 15.6. The number of anilines is 1. The van der Waals surface area contributed by atoms with Gasteiger partial charge in [-0.05, 0) is 48.4 Å². The molecular formula is C15H12ClF4N. The number of aryl methyl sites for hydroxylation is 1. The summed E-state index contributed by atoms with van der Waals surface area (Å²) in [5.41, 5.74) is 0.737. The Kier molecular flexibility index (Phi) is 4.42. The lowest BCUT2D eigenvalue weighted by Gasteiger charge is -2.12. The quantitative estimate of drug-likeness (QED) is 0.745. The summed E-state index contributed by atoms with van der Waals surface area (Å²) in [5, 5.41) is 3.36. The molecule has 0 radical (unpaired) electrons. The predicted molar refractivity (Wildman–Crippen MR) is 74.9 cm³/mol. The third-order valence-corrected chi connectivity index (χ3v) is 3.22. The first-order valence-electron chi connectivity index (χ1n) is 6.12. The van der Waals surface area contributed by atoms with Crippen LogP contribution in [0.2, 0.25) is 5.02 Å². The molecule has 6 heteroatoms. The Labute approximate surface area is 124 Å². The number of nitrogens with one attached hydrogen (secondary N) is 1. The second-order valence-corrected chi connectivity index (χ2v) is 5.09. The van der Waals surface area contributed by atoms with Gasteiger partial charge in [-0.1, -0.05) is 17.7 Å². The van der Waals surface area contributed by atoms with Gasteiger partial charge in [-0.2, -0.15) is 13.2 Å². The van der Waals surface area contributed by atoms with Gasteiger partial charge in [0.05, 0.1) is 16.3 Å². The minimum absolute atomic E-state index is 0.0456. The predicted octanol–water partition coefficient (Wildman–Crippen LogP) is 5.42. The maximum atomic E-state index is 13.3. The van der Waals surface area contributed by atoms with Crippen LogP contribution < -0.4 is 5.32 Å². The van der Waals surface area contributed by atoms with Crippen molar-refractivity contribution in [3.63, 3.8) is 0 Å². The molecule has 0 heterocycles. The van der Waals surface area contributed by atoms with Gasteiger partial charge in [-0.3, -0.25) is 0 Å². The highest BCUT2D eigenvalue weighted by atomic mass is 35.5. The Morgan fingerprint density at radius 2 is 1.81 bits per heavy atom. The molecule has 0 atom stereocenters. The van der Waals surface area contributed by atoms with Gasteiger partial charge in [0.15, 0.2) is 0 Å². The first-order valence-corrected chi connectivity index (χ1v) is 6.50. The van der Waals surface area contributed by atoms with Crippen molar-refractivity contribution in [2.24, 2.45) is 0 Å². The number of halogens is 5. The molecule has 0 aromatic heterocycles. The maximum absolute atomic E-state index is 13.3. The average Bonchev–Trinajstić information content (AvgIpc) is 2.38. The fourth-order valence-corrected chi connectivity index (χ4v) is 2.07. The lowest BCUT2D eigenvalue weighted by atomic mass is 10.1. The van der Waals surface area contributed by atoms with Crippen LogP contribution in [0.5, 0.6) is 0 Å². The van der Waals surface area contributed by atoms with Crippen LogP contribution in [-0.2, 0) is 12.7 Å². The molecule has 2 rings (SSSR count). The number of benzene rings is 2. The van der Waals surface area contributed by atoms with E-state index in [2.05, 4.69) is 5.32 Å². The van der Waals surface area contributed by atoms with E-state index in [1.54, 1.807) is 12.1 Å². The van der Waals surface area contributed by atoms with Crippen LogP contribution in [0.4, 0.5) is 23.2 Å². The van der Waals surface area contributed by atoms with Crippen LogP contribution in [0.3, 0.4) is 0 Å². The van der Waals surface area contributed by atoms with Crippen LogP contribution in [-0.4, -0.2) is 0 Å². The van der Waals surface area contributed by atoms with E-state index < -0.39 is 17.6 Å². The average molecular weight is 318 g/mol. The molecule has 0 bridgehead atoms. The molecule has 2 aromatic carbocycles. The fourth-order valence-electron chi connectivity index (χ4n) is 1.89. The van der Waals surface area contributed by atoms with Crippen molar-refractivity contribution in [1.82, 2.24) is 0 Å². The molecule has 0 aliphatic carbocycles. The molecule has 0 spiro atoms. The summed E-state index contributed by atoms with van der Waals surface area (Å²) in [6.07, 6.45) is -4.57. The Bertz CT molecular complexity index is 653. The number of rotatable bonds is 3. The molecule has 0 aliphatic rings. The zero-order valence-electron chi connectivity index (χ0n) is 11.1. The van der Waals surface area contributed by atoms with Crippen molar-refractivity contribution in [3.8, 4) is 0 Å². The summed E-state index contributed by atoms with van der Waals surface area (Å²) in [6, 6.07) is 7.73. The third kappa shape index (κ3) is 4.11. The second kappa shape index (κ2) is 5.93. The summed E-state index contributed by atoms with van der Waals surface area (Å²) < 4.78 is 51.1. The standard InChI is InChI=1S/C15H12ClF4N/c1-9-2-3-13(16)14(4-9)21-8-10-5-11(15(18,19)20)7-12(17)6-10/h2-7,21H,8H2,1H3. The highest BCUT2D eigenvalue weighted by molar-refractivity contribution is 6.33. The van der Waals surface area contributed by atoms with Crippen LogP contribution >= 0.6 is 11.6 Å². The van der Waals surface area contributed by atoms with Gasteiger partial charge in [0, 0.05) is 6.54 Å². The van der Waals surface area contributed by atoms with Crippen LogP contribution in [0.1, 0.15) is 16.7 Å². The van der Waals surface area contributed by atoms with Gasteiger partial charge in [0.2, 0.25) is 0 Å². The van der Waals surface area contributed by atoms with E-state index in [0.29, 0.717) is 16.8 Å². The minimum Gasteiger partial charge on any atom is -0.380 e. The van der Waals surface area contributed by atoms with Crippen molar-refractivity contribution in [1.29, 1.82) is 0 Å². The van der Waals surface area contributed by atoms with E-state index in [-0.39, 0.29) is 12.1 Å². The van der Waals surface area contributed by atoms with Gasteiger partial charge >= 0.3 is 6.18 Å². The van der Waals surface area contributed by atoms with Crippen LogP contribution in [0.15, 0.2) is 36.4 Å². The van der Waals surface area contributed by atoms with Crippen molar-refractivity contribution in [3.05, 3.63) is 63.9 Å². The summed E-state index contributed by atoms with van der Waals surface area (Å²) in [6.45, 7) is 1.91. The molecule has 0 aliphatic heterocycles. The number of hydrogen-bond acceptors (Lipinski definition) is 1. The molecule has 0 saturated carbocycles. The molecule has 21 heavy (non-hydrogen) atoms. The molecule has 1 N–H and O–H groups in total. The smallest absolute Gasteiger partial charge is 0.380 e. The van der Waals surface area contributed by atoms with Gasteiger partial charge in [0.25, 0.3) is 0 Å². The number of hydrogen-bond donors (Lipinski definition) is 1. The normalized spacial score (nSPS) is 11.5. The lowest BCUT2D eigenvalue weighted by molar-refractivity contribution is -0.137. The molecular weight excluding hydrogens is 306 g/mol. The zero-order valence-corrected chi connectivity index (χ0v) is 11.8. The molecule has 0 saturated heterocycles. The lowest BCUT2D eigenvalue weighted by Crippen LogP contribution is -2.08. The van der Waals surface area contributed by atoms with Crippen molar-refractivity contribution >= 4 is 17.3 Å². The van der Waals surface area contributed by atoms with Gasteiger partial charge in [0.1, 0.15) is 5.82 Å². The summed E-state index contributed by atoms with van der Waals surface area (Å²) in [4.78, 5) is 0. The topological polar surface area (TPSA) is 12.0 Å². The number of alkyl halides is 3. The van der Waals surface area contributed by atoms with E-state index in [9.17, 15) is 17.6 Å². The monoisotopic (exact) mass is 317 g/mol. The Morgan fingerprint density at radius 3 is 2.48 bits per heavy atom. The van der Waals surface area contributed by atoms with E-state index in [4.69, 9.17) is 11.6 Å². The summed E-state index contributed by atoms with van der Waals surface area (Å²) in [5.74, 6) is -0.919. The Hall–Kier alpha value is -1.75. The maximum Gasteiger partial charge on any atom is 0.416 e. The second-order valence-electron chi connectivity index (χ2n) is 4.68. The highest BCUT2D eigenvalue weighted by Crippen LogP contribution is 2.31. The van der Waals surface area contributed by atoms with Crippen molar-refractivity contribution in [2.45, 2.75) is 19.6 Å². The zero-order chi connectivity index (χ0) is 15.6.